The van der Waals surface area contributed by atoms with E-state index in [4.69, 9.17) is 14.5 Å². The van der Waals surface area contributed by atoms with Crippen LogP contribution in [0.2, 0.25) is 0 Å². The van der Waals surface area contributed by atoms with E-state index in [1.54, 1.807) is 7.11 Å². The molecule has 2 N–H and O–H groups in total. The normalized spacial score (nSPS) is 15.2. The second-order valence-corrected chi connectivity index (χ2v) is 8.05. The van der Waals surface area contributed by atoms with E-state index in [0.29, 0.717) is 19.8 Å². The molecule has 2 aromatic carbocycles. The van der Waals surface area contributed by atoms with E-state index in [2.05, 4.69) is 51.9 Å². The molecule has 182 valence electrons. The first kappa shape index (κ1) is 26.0. The molecule has 0 saturated carbocycles. The number of guanidine groups is 1. The van der Waals surface area contributed by atoms with E-state index in [1.165, 1.54) is 0 Å². The van der Waals surface area contributed by atoms with Crippen LogP contribution >= 0.6 is 24.0 Å². The first-order valence-electron chi connectivity index (χ1n) is 11.5. The van der Waals surface area contributed by atoms with Gasteiger partial charge in [0.2, 0.25) is 0 Å². The van der Waals surface area contributed by atoms with E-state index in [1.807, 2.05) is 35.0 Å². The maximum Gasteiger partial charge on any atom is 0.191 e. The number of hydrogen-bond acceptors (Lipinski definition) is 5. The van der Waals surface area contributed by atoms with Gasteiger partial charge in [-0.2, -0.15) is 5.10 Å². The molecule has 1 unspecified atom stereocenters. The van der Waals surface area contributed by atoms with Crippen molar-refractivity contribution in [2.45, 2.75) is 52.1 Å². The average molecular weight is 576 g/mol. The second kappa shape index (κ2) is 13.3. The van der Waals surface area contributed by atoms with Crippen molar-refractivity contribution in [2.24, 2.45) is 4.99 Å². The van der Waals surface area contributed by atoms with Gasteiger partial charge in [0.05, 0.1) is 13.1 Å². The van der Waals surface area contributed by atoms with Gasteiger partial charge in [0.1, 0.15) is 24.8 Å². The molecule has 0 fully saturated rings. The molecular formula is C25H33IN6O2. The molecule has 1 aliphatic rings. The highest BCUT2D eigenvalue weighted by molar-refractivity contribution is 14.0. The van der Waals surface area contributed by atoms with Gasteiger partial charge >= 0.3 is 0 Å². The van der Waals surface area contributed by atoms with Crippen LogP contribution in [0, 0.1) is 0 Å². The third-order valence-corrected chi connectivity index (χ3v) is 5.45. The van der Waals surface area contributed by atoms with Crippen molar-refractivity contribution in [3.05, 3.63) is 77.4 Å². The number of methoxy groups -OCH3 is 1. The molecule has 1 aliphatic heterocycles. The largest absolute Gasteiger partial charge is 0.489 e. The minimum absolute atomic E-state index is 0. The van der Waals surface area contributed by atoms with E-state index in [9.17, 15) is 0 Å². The van der Waals surface area contributed by atoms with Crippen LogP contribution in [0.3, 0.4) is 0 Å². The highest BCUT2D eigenvalue weighted by Crippen LogP contribution is 2.16. The van der Waals surface area contributed by atoms with Crippen LogP contribution in [0.4, 0.5) is 0 Å². The number of halogens is 1. The number of nitrogens with zero attached hydrogens (tertiary/aromatic N) is 4. The van der Waals surface area contributed by atoms with Gasteiger partial charge in [-0.15, -0.1) is 24.0 Å². The van der Waals surface area contributed by atoms with Gasteiger partial charge in [-0.1, -0.05) is 42.5 Å². The summed E-state index contributed by atoms with van der Waals surface area (Å²) in [5.74, 6) is 3.43. The summed E-state index contributed by atoms with van der Waals surface area (Å²) in [4.78, 5) is 9.33. The Kier molecular flexibility index (Phi) is 10.1. The van der Waals surface area contributed by atoms with E-state index in [0.717, 1.165) is 60.4 Å². The zero-order valence-electron chi connectivity index (χ0n) is 19.7. The summed E-state index contributed by atoms with van der Waals surface area (Å²) in [6, 6.07) is 18.5. The van der Waals surface area contributed by atoms with Crippen LogP contribution in [-0.4, -0.2) is 40.4 Å². The molecule has 3 aromatic rings. The standard InChI is InChI=1S/C25H32N6O2.HI/c1-3-26-25(28-21-11-14-24-29-23(18-32-2)30-31(24)16-21)27-15-19-9-12-22(13-10-19)33-17-20-7-5-4-6-8-20;/h4-10,12-13,21H,3,11,14-18H2,1-2H3,(H2,26,27,28);1H. The van der Waals surface area contributed by atoms with Crippen LogP contribution in [0.1, 0.15) is 36.1 Å². The van der Waals surface area contributed by atoms with Crippen molar-refractivity contribution < 1.29 is 9.47 Å². The molecule has 8 nitrogen and oxygen atoms in total. The Bertz CT molecular complexity index is 1040. The predicted molar refractivity (Wildman–Crippen MR) is 143 cm³/mol. The summed E-state index contributed by atoms with van der Waals surface area (Å²) in [7, 11) is 1.66. The lowest BCUT2D eigenvalue weighted by Gasteiger charge is -2.25. The fourth-order valence-corrected chi connectivity index (χ4v) is 3.78. The Balaban J connectivity index is 0.00000324. The smallest absolute Gasteiger partial charge is 0.191 e. The molecule has 4 rings (SSSR count). The number of aliphatic imine (C=N–C) groups is 1. The highest BCUT2D eigenvalue weighted by atomic mass is 127. The van der Waals surface area contributed by atoms with Crippen molar-refractivity contribution in [1.29, 1.82) is 0 Å². The van der Waals surface area contributed by atoms with Crippen LogP contribution < -0.4 is 15.4 Å². The SMILES string of the molecule is CCNC(=NCc1ccc(OCc2ccccc2)cc1)NC1CCc2nc(COC)nn2C1.I. The van der Waals surface area contributed by atoms with Crippen molar-refractivity contribution in [3.8, 4) is 5.75 Å². The molecule has 0 aliphatic carbocycles. The molecule has 9 heteroatoms. The number of ether oxygens (including phenoxy) is 2. The number of benzene rings is 2. The topological polar surface area (TPSA) is 85.6 Å². The monoisotopic (exact) mass is 576 g/mol. The number of hydrogen-bond donors (Lipinski definition) is 2. The van der Waals surface area contributed by atoms with Gasteiger partial charge < -0.3 is 20.1 Å². The van der Waals surface area contributed by atoms with Crippen LogP contribution in [-0.2, 0) is 37.5 Å². The Hall–Kier alpha value is -2.66. The van der Waals surface area contributed by atoms with Gasteiger partial charge in [0.25, 0.3) is 0 Å². The van der Waals surface area contributed by atoms with E-state index in [-0.39, 0.29) is 30.0 Å². The lowest BCUT2D eigenvalue weighted by molar-refractivity contribution is 0.177. The number of nitrogens with one attached hydrogen (secondary N) is 2. The zero-order valence-corrected chi connectivity index (χ0v) is 22.1. The third-order valence-electron chi connectivity index (χ3n) is 5.45. The van der Waals surface area contributed by atoms with Crippen LogP contribution in [0.5, 0.6) is 5.75 Å². The van der Waals surface area contributed by atoms with Crippen molar-refractivity contribution in [1.82, 2.24) is 25.4 Å². The number of aromatic nitrogens is 3. The van der Waals surface area contributed by atoms with Crippen LogP contribution in [0.25, 0.3) is 0 Å². The Morgan fingerprint density at radius 2 is 1.88 bits per heavy atom. The lowest BCUT2D eigenvalue weighted by atomic mass is 10.1. The average Bonchev–Trinajstić information content (AvgIpc) is 3.25. The Labute approximate surface area is 218 Å². The minimum Gasteiger partial charge on any atom is -0.489 e. The molecular weight excluding hydrogens is 543 g/mol. The highest BCUT2D eigenvalue weighted by Gasteiger charge is 2.22. The van der Waals surface area contributed by atoms with Crippen LogP contribution in [0.15, 0.2) is 59.6 Å². The Morgan fingerprint density at radius 3 is 2.62 bits per heavy atom. The van der Waals surface area contributed by atoms with Crippen molar-refractivity contribution in [3.63, 3.8) is 0 Å². The summed E-state index contributed by atoms with van der Waals surface area (Å²) >= 11 is 0. The van der Waals surface area contributed by atoms with Gasteiger partial charge in [-0.25, -0.2) is 14.7 Å². The summed E-state index contributed by atoms with van der Waals surface area (Å²) in [5.41, 5.74) is 2.29. The summed E-state index contributed by atoms with van der Waals surface area (Å²) in [6.07, 6.45) is 1.88. The predicted octanol–water partition coefficient (Wildman–Crippen LogP) is 3.69. The molecule has 0 saturated heterocycles. The van der Waals surface area contributed by atoms with Gasteiger partial charge in [0.15, 0.2) is 11.8 Å². The quantitative estimate of drug-likeness (QED) is 0.230. The number of aryl methyl sites for hydroxylation is 1. The maximum absolute atomic E-state index is 5.88. The maximum atomic E-state index is 5.88. The van der Waals surface area contributed by atoms with Crippen molar-refractivity contribution >= 4 is 29.9 Å². The minimum atomic E-state index is 0. The van der Waals surface area contributed by atoms with Gasteiger partial charge in [-0.3, -0.25) is 0 Å². The number of fused-ring (bicyclic) bond motifs is 1. The summed E-state index contributed by atoms with van der Waals surface area (Å²) in [5, 5.41) is 11.5. The van der Waals surface area contributed by atoms with Gasteiger partial charge in [0, 0.05) is 26.1 Å². The molecule has 0 spiro atoms. The van der Waals surface area contributed by atoms with E-state index < -0.39 is 0 Å². The van der Waals surface area contributed by atoms with E-state index >= 15 is 0 Å². The fraction of sp³-hybridized carbons (Fsp3) is 0.400. The summed E-state index contributed by atoms with van der Waals surface area (Å²) in [6.45, 7) is 5.24. The molecule has 0 radical (unpaired) electrons. The zero-order chi connectivity index (χ0) is 22.9. The molecule has 34 heavy (non-hydrogen) atoms. The summed E-state index contributed by atoms with van der Waals surface area (Å²) < 4.78 is 13.0. The molecule has 1 atom stereocenters. The second-order valence-electron chi connectivity index (χ2n) is 8.05. The Morgan fingerprint density at radius 1 is 1.09 bits per heavy atom. The first-order valence-corrected chi connectivity index (χ1v) is 11.5. The lowest BCUT2D eigenvalue weighted by Crippen LogP contribution is -2.47. The molecule has 1 aromatic heterocycles. The van der Waals surface area contributed by atoms with Gasteiger partial charge in [-0.05, 0) is 36.6 Å². The number of rotatable bonds is 9. The molecule has 0 bridgehead atoms. The molecule has 2 heterocycles. The fourth-order valence-electron chi connectivity index (χ4n) is 3.78. The molecule has 0 amide bonds. The van der Waals surface area contributed by atoms with Crippen molar-refractivity contribution in [2.75, 3.05) is 13.7 Å². The third kappa shape index (κ3) is 7.42. The first-order chi connectivity index (χ1) is 16.2.